The van der Waals surface area contributed by atoms with Crippen LogP contribution in [0.5, 0.6) is 0 Å². The Morgan fingerprint density at radius 1 is 1.40 bits per heavy atom. The molecule has 0 unspecified atom stereocenters. The first-order valence-electron chi connectivity index (χ1n) is 4.99. The second kappa shape index (κ2) is 3.82. The highest BCUT2D eigenvalue weighted by Crippen LogP contribution is 2.15. The summed E-state index contributed by atoms with van der Waals surface area (Å²) >= 11 is 0. The molecule has 0 aliphatic heterocycles. The van der Waals surface area contributed by atoms with Crippen LogP contribution in [0.15, 0.2) is 30.6 Å². The van der Waals surface area contributed by atoms with E-state index in [4.69, 9.17) is 0 Å². The predicted molar refractivity (Wildman–Crippen MR) is 57.4 cm³/mol. The average Bonchev–Trinajstić information content (AvgIpc) is 2.61. The van der Waals surface area contributed by atoms with Gasteiger partial charge in [0.2, 0.25) is 0 Å². The Labute approximate surface area is 88.8 Å². The molecule has 78 valence electrons. The Morgan fingerprint density at radius 2 is 2.20 bits per heavy atom. The van der Waals surface area contributed by atoms with Gasteiger partial charge in [-0.3, -0.25) is 0 Å². The molecule has 1 atom stereocenters. The third kappa shape index (κ3) is 1.76. The second-order valence-electron chi connectivity index (χ2n) is 3.69. The summed E-state index contributed by atoms with van der Waals surface area (Å²) < 4.78 is 1.84. The molecule has 0 spiro atoms. The minimum Gasteiger partial charge on any atom is -0.351 e. The van der Waals surface area contributed by atoms with Gasteiger partial charge >= 0.3 is 0 Å². The van der Waals surface area contributed by atoms with E-state index in [2.05, 4.69) is 22.7 Å². The molecule has 0 amide bonds. The highest BCUT2D eigenvalue weighted by Gasteiger charge is 2.13. The maximum Gasteiger partial charge on any atom is 0.153 e. The molecular formula is C11H15N4+. The number of hydrogen-bond donors (Lipinski definition) is 1. The Kier molecular flexibility index (Phi) is 2.51. The summed E-state index contributed by atoms with van der Waals surface area (Å²) in [6, 6.07) is 6.05. The molecule has 2 rings (SSSR count). The smallest absolute Gasteiger partial charge is 0.153 e. The molecule has 0 saturated heterocycles. The Bertz CT molecular complexity index is 445. The monoisotopic (exact) mass is 203 g/mol. The molecule has 0 radical (unpaired) electrons. The summed E-state index contributed by atoms with van der Waals surface area (Å²) in [7, 11) is 0. The van der Waals surface area contributed by atoms with Gasteiger partial charge in [0.15, 0.2) is 5.82 Å². The zero-order chi connectivity index (χ0) is 10.8. The lowest BCUT2D eigenvalue weighted by molar-refractivity contribution is -0.420. The molecule has 2 heterocycles. The lowest BCUT2D eigenvalue weighted by Crippen LogP contribution is -2.51. The minimum absolute atomic E-state index is 0.252. The summed E-state index contributed by atoms with van der Waals surface area (Å²) in [5.41, 5.74) is 6.28. The zero-order valence-electron chi connectivity index (χ0n) is 9.01. The molecule has 0 bridgehead atoms. The van der Waals surface area contributed by atoms with Crippen LogP contribution in [0.2, 0.25) is 0 Å². The third-order valence-corrected chi connectivity index (χ3v) is 2.44. The van der Waals surface area contributed by atoms with E-state index in [9.17, 15) is 0 Å². The van der Waals surface area contributed by atoms with Crippen molar-refractivity contribution >= 4 is 0 Å². The minimum atomic E-state index is 0.252. The van der Waals surface area contributed by atoms with Gasteiger partial charge in [-0.15, -0.1) is 0 Å². The van der Waals surface area contributed by atoms with E-state index in [0.29, 0.717) is 0 Å². The number of nitrogens with zero attached hydrogens (tertiary/aromatic N) is 3. The zero-order valence-corrected chi connectivity index (χ0v) is 9.01. The number of aromatic nitrogens is 3. The Balaban J connectivity index is 2.47. The van der Waals surface area contributed by atoms with Gasteiger partial charge < -0.3 is 5.73 Å². The molecule has 3 N–H and O–H groups in total. The van der Waals surface area contributed by atoms with E-state index in [-0.39, 0.29) is 6.04 Å². The van der Waals surface area contributed by atoms with Gasteiger partial charge in [-0.2, -0.15) is 5.10 Å². The standard InChI is InChI=1S/C11H14N4/c1-8(12)10-7-14-15(9(10)2)11-5-3-4-6-13-11/h3-8H,12H2,1-2H3/p+1/t8-/m0/s1. The molecule has 4 nitrogen and oxygen atoms in total. The van der Waals surface area contributed by atoms with Crippen molar-refractivity contribution in [1.82, 2.24) is 14.8 Å². The van der Waals surface area contributed by atoms with E-state index in [1.165, 1.54) is 5.56 Å². The summed E-state index contributed by atoms with van der Waals surface area (Å²) in [6.07, 6.45) is 3.63. The van der Waals surface area contributed by atoms with E-state index in [1.807, 2.05) is 36.0 Å². The molecule has 15 heavy (non-hydrogen) atoms. The topological polar surface area (TPSA) is 58.4 Å². The largest absolute Gasteiger partial charge is 0.351 e. The van der Waals surface area contributed by atoms with Gasteiger partial charge in [-0.1, -0.05) is 6.07 Å². The molecule has 0 saturated carbocycles. The van der Waals surface area contributed by atoms with Crippen molar-refractivity contribution < 1.29 is 5.73 Å². The first-order valence-corrected chi connectivity index (χ1v) is 4.99. The lowest BCUT2D eigenvalue weighted by Gasteiger charge is -2.04. The molecule has 0 aromatic carbocycles. The average molecular weight is 203 g/mol. The normalized spacial score (nSPS) is 12.7. The maximum atomic E-state index is 4.32. The SMILES string of the molecule is Cc1c([C@H](C)[NH3+])cnn1-c1ccccn1. The van der Waals surface area contributed by atoms with Crippen LogP contribution in [0.1, 0.15) is 24.2 Å². The first-order chi connectivity index (χ1) is 7.20. The van der Waals surface area contributed by atoms with Crippen LogP contribution < -0.4 is 5.73 Å². The molecular weight excluding hydrogens is 188 g/mol. The van der Waals surface area contributed by atoms with E-state index < -0.39 is 0 Å². The molecule has 2 aromatic rings. The van der Waals surface area contributed by atoms with E-state index in [1.54, 1.807) is 6.20 Å². The third-order valence-electron chi connectivity index (χ3n) is 2.44. The van der Waals surface area contributed by atoms with Crippen molar-refractivity contribution in [3.05, 3.63) is 41.9 Å². The summed E-state index contributed by atoms with van der Waals surface area (Å²) in [6.45, 7) is 4.10. The summed E-state index contributed by atoms with van der Waals surface area (Å²) in [5, 5.41) is 4.32. The fraction of sp³-hybridized carbons (Fsp3) is 0.273. The van der Waals surface area contributed by atoms with Crippen LogP contribution in [0.25, 0.3) is 5.82 Å². The van der Waals surface area contributed by atoms with Crippen molar-refractivity contribution in [2.24, 2.45) is 0 Å². The van der Waals surface area contributed by atoms with Crippen molar-refractivity contribution in [1.29, 1.82) is 0 Å². The van der Waals surface area contributed by atoms with Gasteiger partial charge in [0.1, 0.15) is 6.04 Å². The molecule has 0 aliphatic rings. The highest BCUT2D eigenvalue weighted by atomic mass is 15.3. The number of rotatable bonds is 2. The second-order valence-corrected chi connectivity index (χ2v) is 3.69. The Morgan fingerprint density at radius 3 is 2.73 bits per heavy atom. The quantitative estimate of drug-likeness (QED) is 0.787. The number of quaternary nitrogens is 1. The van der Waals surface area contributed by atoms with E-state index in [0.717, 1.165) is 11.5 Å². The Hall–Kier alpha value is -1.68. The van der Waals surface area contributed by atoms with Crippen LogP contribution in [0.3, 0.4) is 0 Å². The predicted octanol–water partition coefficient (Wildman–Crippen LogP) is 0.879. The number of pyridine rings is 1. The van der Waals surface area contributed by atoms with Crippen molar-refractivity contribution in [2.75, 3.05) is 0 Å². The van der Waals surface area contributed by atoms with Gasteiger partial charge in [-0.05, 0) is 26.0 Å². The van der Waals surface area contributed by atoms with Gasteiger partial charge in [0.05, 0.1) is 17.5 Å². The van der Waals surface area contributed by atoms with Crippen LogP contribution in [-0.2, 0) is 0 Å². The van der Waals surface area contributed by atoms with Crippen LogP contribution in [0.4, 0.5) is 0 Å². The number of hydrogen-bond acceptors (Lipinski definition) is 2. The fourth-order valence-corrected chi connectivity index (χ4v) is 1.62. The van der Waals surface area contributed by atoms with Crippen molar-refractivity contribution in [3.63, 3.8) is 0 Å². The summed E-state index contributed by atoms with van der Waals surface area (Å²) in [4.78, 5) is 4.26. The molecule has 0 fully saturated rings. The van der Waals surface area contributed by atoms with Crippen LogP contribution in [-0.4, -0.2) is 14.8 Å². The molecule has 0 aliphatic carbocycles. The van der Waals surface area contributed by atoms with Crippen LogP contribution >= 0.6 is 0 Å². The summed E-state index contributed by atoms with van der Waals surface area (Å²) in [5.74, 6) is 0.849. The fourth-order valence-electron chi connectivity index (χ4n) is 1.62. The highest BCUT2D eigenvalue weighted by molar-refractivity contribution is 5.28. The van der Waals surface area contributed by atoms with Gasteiger partial charge in [0.25, 0.3) is 0 Å². The molecule has 2 aromatic heterocycles. The van der Waals surface area contributed by atoms with Crippen LogP contribution in [0, 0.1) is 6.92 Å². The van der Waals surface area contributed by atoms with Crippen molar-refractivity contribution in [3.8, 4) is 5.82 Å². The van der Waals surface area contributed by atoms with Crippen molar-refractivity contribution in [2.45, 2.75) is 19.9 Å². The van der Waals surface area contributed by atoms with Gasteiger partial charge in [-0.25, -0.2) is 9.67 Å². The lowest BCUT2D eigenvalue weighted by atomic mass is 10.1. The maximum absolute atomic E-state index is 4.32. The molecule has 4 heteroatoms. The van der Waals surface area contributed by atoms with Gasteiger partial charge in [0, 0.05) is 6.20 Å². The van der Waals surface area contributed by atoms with E-state index >= 15 is 0 Å². The first kappa shape index (κ1) is 9.86.